The average Bonchev–Trinajstić information content (AvgIpc) is 2.42. The zero-order valence-electron chi connectivity index (χ0n) is 11.0. The van der Waals surface area contributed by atoms with Gasteiger partial charge in [0.25, 0.3) is 0 Å². The van der Waals surface area contributed by atoms with Crippen molar-refractivity contribution < 1.29 is 18.3 Å². The molecule has 1 aromatic carbocycles. The molecule has 0 amide bonds. The monoisotopic (exact) mass is 348 g/mol. The number of nitrogens with one attached hydrogen (secondary N) is 1. The Kier molecular flexibility index (Phi) is 6.48. The van der Waals surface area contributed by atoms with Crippen LogP contribution in [-0.4, -0.2) is 37.5 Å². The van der Waals surface area contributed by atoms with Gasteiger partial charge in [0.1, 0.15) is 10.9 Å². The fourth-order valence-corrected chi connectivity index (χ4v) is 3.75. The van der Waals surface area contributed by atoms with Gasteiger partial charge in [-0.15, -0.1) is 0 Å². The van der Waals surface area contributed by atoms with Crippen LogP contribution in [-0.2, 0) is 14.8 Å². The van der Waals surface area contributed by atoms with E-state index in [-0.39, 0.29) is 21.9 Å². The van der Waals surface area contributed by atoms with Gasteiger partial charge in [-0.2, -0.15) is 21.7 Å². The summed E-state index contributed by atoms with van der Waals surface area (Å²) in [7, 11) is -4.07. The fraction of sp³-hybridized carbons (Fsp3) is 0.333. The Morgan fingerprint density at radius 3 is 2.71 bits per heavy atom. The van der Waals surface area contributed by atoms with Gasteiger partial charge >= 0.3 is 5.97 Å². The van der Waals surface area contributed by atoms with Crippen molar-refractivity contribution in [1.82, 2.24) is 4.72 Å². The number of benzene rings is 1. The van der Waals surface area contributed by atoms with Crippen LogP contribution < -0.4 is 4.72 Å². The van der Waals surface area contributed by atoms with E-state index in [9.17, 15) is 13.2 Å². The van der Waals surface area contributed by atoms with E-state index in [0.29, 0.717) is 5.75 Å². The second-order valence-electron chi connectivity index (χ2n) is 4.05. The number of halogens is 1. The van der Waals surface area contributed by atoms with E-state index < -0.39 is 22.0 Å². The summed E-state index contributed by atoms with van der Waals surface area (Å²) < 4.78 is 26.5. The molecule has 0 aliphatic rings. The van der Waals surface area contributed by atoms with Crippen molar-refractivity contribution in [2.75, 3.05) is 12.0 Å². The number of thioether (sulfide) groups is 1. The summed E-state index contributed by atoms with van der Waals surface area (Å²) in [5.74, 6) is -0.752. The summed E-state index contributed by atoms with van der Waals surface area (Å²) in [4.78, 5) is 10.8. The van der Waals surface area contributed by atoms with Crippen molar-refractivity contribution in [3.63, 3.8) is 0 Å². The van der Waals surface area contributed by atoms with Crippen molar-refractivity contribution in [3.05, 3.63) is 28.8 Å². The maximum atomic E-state index is 12.2. The number of nitriles is 1. The van der Waals surface area contributed by atoms with Gasteiger partial charge in [0, 0.05) is 0 Å². The van der Waals surface area contributed by atoms with E-state index in [1.807, 2.05) is 6.07 Å². The molecule has 0 heterocycles. The number of aliphatic carboxylic acids is 1. The van der Waals surface area contributed by atoms with Gasteiger partial charge in [0.2, 0.25) is 10.0 Å². The normalized spacial score (nSPS) is 12.6. The number of carboxylic acid groups (broad SMARTS) is 1. The molecule has 1 atom stereocenters. The lowest BCUT2D eigenvalue weighted by Crippen LogP contribution is -2.41. The van der Waals surface area contributed by atoms with Crippen LogP contribution in [0.15, 0.2) is 23.1 Å². The predicted molar refractivity (Wildman–Crippen MR) is 80.9 cm³/mol. The highest BCUT2D eigenvalue weighted by atomic mass is 35.5. The predicted octanol–water partition coefficient (Wildman–Crippen LogP) is 1.70. The molecule has 2 N–H and O–H groups in total. The van der Waals surface area contributed by atoms with Crippen LogP contribution in [0.2, 0.25) is 5.02 Å². The second kappa shape index (κ2) is 7.66. The van der Waals surface area contributed by atoms with Crippen LogP contribution in [0.1, 0.15) is 12.0 Å². The molecule has 0 aliphatic heterocycles. The number of rotatable bonds is 7. The first kappa shape index (κ1) is 17.8. The molecule has 0 aliphatic carbocycles. The van der Waals surface area contributed by atoms with E-state index >= 15 is 0 Å². The van der Waals surface area contributed by atoms with E-state index in [2.05, 4.69) is 4.72 Å². The molecule has 1 aromatic rings. The van der Waals surface area contributed by atoms with E-state index in [0.717, 1.165) is 0 Å². The molecule has 0 fully saturated rings. The van der Waals surface area contributed by atoms with Crippen LogP contribution in [0.4, 0.5) is 0 Å². The van der Waals surface area contributed by atoms with Gasteiger partial charge in [0.05, 0.1) is 16.7 Å². The molecule has 0 spiro atoms. The molecule has 21 heavy (non-hydrogen) atoms. The number of carboxylic acids is 1. The molecule has 114 valence electrons. The van der Waals surface area contributed by atoms with Gasteiger partial charge in [0.15, 0.2) is 0 Å². The second-order valence-corrected chi connectivity index (χ2v) is 7.13. The first-order valence-electron chi connectivity index (χ1n) is 5.75. The molecule has 1 rings (SSSR count). The summed E-state index contributed by atoms with van der Waals surface area (Å²) in [6.07, 6.45) is 1.95. The van der Waals surface area contributed by atoms with Gasteiger partial charge in [-0.1, -0.05) is 11.6 Å². The minimum atomic E-state index is -4.07. The number of sulfonamides is 1. The lowest BCUT2D eigenvalue weighted by molar-refractivity contribution is -0.139. The summed E-state index contributed by atoms with van der Waals surface area (Å²) in [6, 6.07) is 4.31. The highest BCUT2D eigenvalue weighted by molar-refractivity contribution is 7.98. The van der Waals surface area contributed by atoms with Crippen LogP contribution >= 0.6 is 23.4 Å². The Balaban J connectivity index is 3.05. The quantitative estimate of drug-likeness (QED) is 0.776. The molecule has 1 unspecified atom stereocenters. The third kappa shape index (κ3) is 4.89. The highest BCUT2D eigenvalue weighted by Crippen LogP contribution is 2.23. The van der Waals surface area contributed by atoms with E-state index in [4.69, 9.17) is 22.0 Å². The molecule has 6 nitrogen and oxygen atoms in total. The standard InChI is InChI=1S/C12H13ClN2O4S2/c1-20-5-4-10(12(16)17)15-21(18,19)11-3-2-8(7-14)6-9(11)13/h2-3,6,10,15H,4-5H2,1H3,(H,16,17). The molecule has 0 saturated heterocycles. The Hall–Kier alpha value is -1.27. The first-order chi connectivity index (χ1) is 9.81. The number of nitrogens with zero attached hydrogens (tertiary/aromatic N) is 1. The van der Waals surface area contributed by atoms with Crippen LogP contribution in [0, 0.1) is 11.3 Å². The molecule has 0 saturated carbocycles. The van der Waals surface area contributed by atoms with Gasteiger partial charge in [-0.25, -0.2) is 8.42 Å². The SMILES string of the molecule is CSCCC(NS(=O)(=O)c1ccc(C#N)cc1Cl)C(=O)O. The number of hydrogen-bond acceptors (Lipinski definition) is 5. The van der Waals surface area contributed by atoms with Crippen molar-refractivity contribution in [2.24, 2.45) is 0 Å². The third-order valence-corrected chi connectivity index (χ3v) is 5.16. The Morgan fingerprint density at radius 2 is 2.24 bits per heavy atom. The Morgan fingerprint density at radius 1 is 1.57 bits per heavy atom. The summed E-state index contributed by atoms with van der Waals surface area (Å²) in [6.45, 7) is 0. The summed E-state index contributed by atoms with van der Waals surface area (Å²) in [5, 5.41) is 17.6. The van der Waals surface area contributed by atoms with Crippen LogP contribution in [0.5, 0.6) is 0 Å². The maximum Gasteiger partial charge on any atom is 0.321 e. The Bertz CT molecular complexity index is 670. The summed E-state index contributed by atoms with van der Waals surface area (Å²) in [5.41, 5.74) is 0.219. The maximum absolute atomic E-state index is 12.2. The van der Waals surface area contributed by atoms with Crippen molar-refractivity contribution >= 4 is 39.4 Å². The fourth-order valence-electron chi connectivity index (χ4n) is 1.51. The smallest absolute Gasteiger partial charge is 0.321 e. The van der Waals surface area contributed by atoms with E-state index in [1.54, 1.807) is 6.26 Å². The largest absolute Gasteiger partial charge is 0.480 e. The molecule has 0 aromatic heterocycles. The third-order valence-electron chi connectivity index (χ3n) is 2.56. The van der Waals surface area contributed by atoms with Gasteiger partial charge in [-0.05, 0) is 36.6 Å². The topological polar surface area (TPSA) is 107 Å². The van der Waals surface area contributed by atoms with E-state index in [1.165, 1.54) is 30.0 Å². The lowest BCUT2D eigenvalue weighted by Gasteiger charge is -2.15. The molecule has 0 radical (unpaired) electrons. The summed E-state index contributed by atoms with van der Waals surface area (Å²) >= 11 is 7.26. The zero-order chi connectivity index (χ0) is 16.0. The van der Waals surface area contributed by atoms with Crippen molar-refractivity contribution in [3.8, 4) is 6.07 Å². The molecular formula is C12H13ClN2O4S2. The minimum absolute atomic E-state index is 0.129. The number of carbonyl (C=O) groups is 1. The van der Waals surface area contributed by atoms with Crippen molar-refractivity contribution in [2.45, 2.75) is 17.4 Å². The highest BCUT2D eigenvalue weighted by Gasteiger charge is 2.26. The lowest BCUT2D eigenvalue weighted by atomic mass is 10.2. The van der Waals surface area contributed by atoms with Crippen LogP contribution in [0.3, 0.4) is 0 Å². The first-order valence-corrected chi connectivity index (χ1v) is 9.01. The minimum Gasteiger partial charge on any atom is -0.480 e. The van der Waals surface area contributed by atoms with Crippen molar-refractivity contribution in [1.29, 1.82) is 5.26 Å². The molecule has 0 bridgehead atoms. The van der Waals surface area contributed by atoms with Crippen LogP contribution in [0.25, 0.3) is 0 Å². The zero-order valence-corrected chi connectivity index (χ0v) is 13.4. The molecular weight excluding hydrogens is 336 g/mol. The average molecular weight is 349 g/mol. The number of hydrogen-bond donors (Lipinski definition) is 2. The molecule has 9 heteroatoms. The van der Waals surface area contributed by atoms with Gasteiger partial charge < -0.3 is 5.11 Å². The van der Waals surface area contributed by atoms with Gasteiger partial charge in [-0.3, -0.25) is 4.79 Å². The Labute approximate surface area is 132 Å².